The minimum absolute atomic E-state index is 0.365. The van der Waals surface area contributed by atoms with E-state index in [4.69, 9.17) is 5.11 Å². The van der Waals surface area contributed by atoms with Gasteiger partial charge in [-0.15, -0.1) is 0 Å². The van der Waals surface area contributed by atoms with E-state index >= 15 is 0 Å². The third-order valence-corrected chi connectivity index (χ3v) is 4.52. The van der Waals surface area contributed by atoms with Gasteiger partial charge in [0.1, 0.15) is 0 Å². The van der Waals surface area contributed by atoms with Crippen molar-refractivity contribution >= 4 is 5.97 Å². The van der Waals surface area contributed by atoms with Crippen molar-refractivity contribution in [2.24, 2.45) is 0 Å². The molecule has 3 nitrogen and oxygen atoms in total. The second-order valence-electron chi connectivity index (χ2n) is 5.87. The highest BCUT2D eigenvalue weighted by Crippen LogP contribution is 2.27. The lowest BCUT2D eigenvalue weighted by Gasteiger charge is -2.34. The molecule has 0 heterocycles. The van der Waals surface area contributed by atoms with Crippen LogP contribution in [0.25, 0.3) is 0 Å². The summed E-state index contributed by atoms with van der Waals surface area (Å²) in [6.45, 7) is 5.46. The highest BCUT2D eigenvalue weighted by atomic mass is 16.4. The molecule has 0 amide bonds. The summed E-state index contributed by atoms with van der Waals surface area (Å²) >= 11 is 0. The molecule has 0 saturated heterocycles. The maximum atomic E-state index is 10.9. The third-order valence-electron chi connectivity index (χ3n) is 4.52. The summed E-state index contributed by atoms with van der Waals surface area (Å²) in [5.41, 5.74) is 1.58. The maximum Gasteiger partial charge on any atom is 0.335 e. The van der Waals surface area contributed by atoms with Crippen LogP contribution in [0.4, 0.5) is 0 Å². The largest absolute Gasteiger partial charge is 0.478 e. The first kappa shape index (κ1) is 15.0. The zero-order valence-corrected chi connectivity index (χ0v) is 12.5. The first-order valence-corrected chi connectivity index (χ1v) is 7.69. The van der Waals surface area contributed by atoms with E-state index < -0.39 is 5.97 Å². The Hall–Kier alpha value is -1.35. The Labute approximate surface area is 121 Å². The molecule has 0 spiro atoms. The zero-order valence-electron chi connectivity index (χ0n) is 12.5. The molecule has 0 radical (unpaired) electrons. The summed E-state index contributed by atoms with van der Waals surface area (Å²) < 4.78 is 0. The van der Waals surface area contributed by atoms with Crippen LogP contribution in [0.2, 0.25) is 0 Å². The molecule has 0 bridgehead atoms. The minimum Gasteiger partial charge on any atom is -0.478 e. The minimum atomic E-state index is -0.855. The van der Waals surface area contributed by atoms with Gasteiger partial charge >= 0.3 is 5.97 Å². The fourth-order valence-electron chi connectivity index (χ4n) is 3.08. The highest BCUT2D eigenvalue weighted by molar-refractivity contribution is 5.87. The Kier molecular flexibility index (Phi) is 5.18. The molecule has 0 aliphatic heterocycles. The number of carboxylic acids is 1. The summed E-state index contributed by atoms with van der Waals surface area (Å²) in [6, 6.07) is 8.60. The average molecular weight is 275 g/mol. The molecule has 1 N–H and O–H groups in total. The Morgan fingerprint density at radius 1 is 1.30 bits per heavy atom. The van der Waals surface area contributed by atoms with Crippen molar-refractivity contribution in [3.8, 4) is 0 Å². The van der Waals surface area contributed by atoms with Gasteiger partial charge in [0.25, 0.3) is 0 Å². The van der Waals surface area contributed by atoms with E-state index in [1.165, 1.54) is 31.2 Å². The van der Waals surface area contributed by atoms with Gasteiger partial charge in [-0.25, -0.2) is 4.79 Å². The normalized spacial score (nSPS) is 17.6. The molecule has 3 heteroatoms. The number of hydrogen-bond acceptors (Lipinski definition) is 2. The van der Waals surface area contributed by atoms with Crippen molar-refractivity contribution in [1.82, 2.24) is 4.90 Å². The van der Waals surface area contributed by atoms with Crippen LogP contribution in [-0.4, -0.2) is 28.1 Å². The van der Waals surface area contributed by atoms with Gasteiger partial charge in [0.05, 0.1) is 5.56 Å². The van der Waals surface area contributed by atoms with Crippen LogP contribution >= 0.6 is 0 Å². The van der Waals surface area contributed by atoms with Crippen molar-refractivity contribution in [2.75, 3.05) is 0 Å². The second-order valence-corrected chi connectivity index (χ2v) is 5.87. The van der Waals surface area contributed by atoms with Crippen LogP contribution in [0, 0.1) is 0 Å². The van der Waals surface area contributed by atoms with E-state index in [0.29, 0.717) is 17.6 Å². The van der Waals surface area contributed by atoms with Crippen LogP contribution in [0.15, 0.2) is 24.3 Å². The monoisotopic (exact) mass is 275 g/mol. The third kappa shape index (κ3) is 3.60. The van der Waals surface area contributed by atoms with E-state index in [-0.39, 0.29) is 0 Å². The molecule has 20 heavy (non-hydrogen) atoms. The fraction of sp³-hybridized carbons (Fsp3) is 0.588. The van der Waals surface area contributed by atoms with Crippen molar-refractivity contribution in [1.29, 1.82) is 0 Å². The van der Waals surface area contributed by atoms with Crippen LogP contribution in [0.1, 0.15) is 61.9 Å². The van der Waals surface area contributed by atoms with Gasteiger partial charge < -0.3 is 5.11 Å². The number of benzene rings is 1. The van der Waals surface area contributed by atoms with Crippen LogP contribution in [0.5, 0.6) is 0 Å². The highest BCUT2D eigenvalue weighted by Gasteiger charge is 2.25. The predicted molar refractivity (Wildman–Crippen MR) is 81.0 cm³/mol. The summed E-state index contributed by atoms with van der Waals surface area (Å²) in [5, 5.41) is 8.95. The van der Waals surface area contributed by atoms with Gasteiger partial charge in [0, 0.05) is 18.6 Å². The van der Waals surface area contributed by atoms with Crippen LogP contribution in [0.3, 0.4) is 0 Å². The van der Waals surface area contributed by atoms with Crippen molar-refractivity contribution in [3.63, 3.8) is 0 Å². The van der Waals surface area contributed by atoms with Crippen molar-refractivity contribution in [2.45, 2.75) is 64.6 Å². The topological polar surface area (TPSA) is 40.5 Å². The Balaban J connectivity index is 2.08. The SMILES string of the molecule is CCC(C)N(Cc1ccc(C(=O)O)cc1)C1CCCC1. The van der Waals surface area contributed by atoms with E-state index in [9.17, 15) is 4.79 Å². The first-order chi connectivity index (χ1) is 9.61. The fourth-order valence-corrected chi connectivity index (χ4v) is 3.08. The quantitative estimate of drug-likeness (QED) is 0.855. The molecule has 110 valence electrons. The van der Waals surface area contributed by atoms with Gasteiger partial charge in [-0.1, -0.05) is 31.9 Å². The number of carbonyl (C=O) groups is 1. The maximum absolute atomic E-state index is 10.9. The summed E-state index contributed by atoms with van der Waals surface area (Å²) in [5.74, 6) is -0.855. The molecule has 1 saturated carbocycles. The summed E-state index contributed by atoms with van der Waals surface area (Å²) in [4.78, 5) is 13.5. The number of aromatic carboxylic acids is 1. The molecule has 1 aliphatic carbocycles. The molecule has 1 unspecified atom stereocenters. The second kappa shape index (κ2) is 6.89. The lowest BCUT2D eigenvalue weighted by molar-refractivity contribution is 0.0697. The number of hydrogen-bond donors (Lipinski definition) is 1. The summed E-state index contributed by atoms with van der Waals surface area (Å²) in [6.07, 6.45) is 6.45. The lowest BCUT2D eigenvalue weighted by atomic mass is 10.1. The Morgan fingerprint density at radius 3 is 2.40 bits per heavy atom. The molecule has 1 fully saturated rings. The van der Waals surface area contributed by atoms with Crippen molar-refractivity contribution < 1.29 is 9.90 Å². The van der Waals surface area contributed by atoms with Gasteiger partial charge in [-0.2, -0.15) is 0 Å². The predicted octanol–water partition coefficient (Wildman–Crippen LogP) is 3.93. The standard InChI is InChI=1S/C17H25NO2/c1-3-13(2)18(16-6-4-5-7-16)12-14-8-10-15(11-9-14)17(19)20/h8-11,13,16H,3-7,12H2,1-2H3,(H,19,20). The number of rotatable bonds is 6. The molecular weight excluding hydrogens is 250 g/mol. The summed E-state index contributed by atoms with van der Waals surface area (Å²) in [7, 11) is 0. The Morgan fingerprint density at radius 2 is 1.90 bits per heavy atom. The van der Waals surface area contributed by atoms with Gasteiger partial charge in [0.15, 0.2) is 0 Å². The van der Waals surface area contributed by atoms with Crippen LogP contribution in [-0.2, 0) is 6.54 Å². The van der Waals surface area contributed by atoms with E-state index in [2.05, 4.69) is 18.7 Å². The van der Waals surface area contributed by atoms with Gasteiger partial charge in [0.2, 0.25) is 0 Å². The molecular formula is C17H25NO2. The van der Waals surface area contributed by atoms with Gasteiger partial charge in [-0.3, -0.25) is 4.90 Å². The average Bonchev–Trinajstić information content (AvgIpc) is 2.98. The number of nitrogens with zero attached hydrogens (tertiary/aromatic N) is 1. The van der Waals surface area contributed by atoms with E-state index in [1.54, 1.807) is 12.1 Å². The molecule has 1 aliphatic rings. The molecule has 1 atom stereocenters. The number of carboxylic acid groups (broad SMARTS) is 1. The van der Waals surface area contributed by atoms with Crippen LogP contribution < -0.4 is 0 Å². The molecule has 1 aromatic rings. The molecule has 1 aromatic carbocycles. The van der Waals surface area contributed by atoms with E-state index in [0.717, 1.165) is 13.0 Å². The smallest absolute Gasteiger partial charge is 0.335 e. The van der Waals surface area contributed by atoms with E-state index in [1.807, 2.05) is 12.1 Å². The lowest BCUT2D eigenvalue weighted by Crippen LogP contribution is -2.39. The molecule has 0 aromatic heterocycles. The van der Waals surface area contributed by atoms with Gasteiger partial charge in [-0.05, 0) is 43.9 Å². The first-order valence-electron chi connectivity index (χ1n) is 7.69. The molecule has 2 rings (SSSR count). The Bertz CT molecular complexity index is 435. The zero-order chi connectivity index (χ0) is 14.5. The van der Waals surface area contributed by atoms with Crippen molar-refractivity contribution in [3.05, 3.63) is 35.4 Å².